The van der Waals surface area contributed by atoms with Crippen molar-refractivity contribution in [3.05, 3.63) is 156 Å². The molecule has 0 nitrogen and oxygen atoms in total. The van der Waals surface area contributed by atoms with Gasteiger partial charge in [-0.2, -0.15) is 0 Å². The topological polar surface area (TPSA) is 0 Å². The van der Waals surface area contributed by atoms with E-state index in [2.05, 4.69) is 146 Å². The van der Waals surface area contributed by atoms with Crippen LogP contribution in [0, 0.1) is 0 Å². The molecule has 0 aliphatic heterocycles. The van der Waals surface area contributed by atoms with E-state index in [4.69, 9.17) is 0 Å². The van der Waals surface area contributed by atoms with Crippen molar-refractivity contribution in [3.63, 3.8) is 0 Å². The van der Waals surface area contributed by atoms with Crippen molar-refractivity contribution < 1.29 is 0 Å². The van der Waals surface area contributed by atoms with Crippen LogP contribution in [0.3, 0.4) is 0 Å². The van der Waals surface area contributed by atoms with Gasteiger partial charge in [0.1, 0.15) is 0 Å². The summed E-state index contributed by atoms with van der Waals surface area (Å²) in [4.78, 5) is 0. The number of hydrogen-bond acceptors (Lipinski definition) is 0. The molecule has 0 aliphatic rings. The fraction of sp³-hybridized carbons (Fsp3) is 0. The van der Waals surface area contributed by atoms with E-state index < -0.39 is 0 Å². The average molecular weight is 435 g/mol. The van der Waals surface area contributed by atoms with Gasteiger partial charge >= 0.3 is 0 Å². The maximum atomic E-state index is 2.19. The first-order valence-electron chi connectivity index (χ1n) is 11.6. The van der Waals surface area contributed by atoms with Gasteiger partial charge in [-0.05, 0) is 44.5 Å². The molecule has 0 heteroatoms. The Labute approximate surface area is 202 Å². The summed E-state index contributed by atoms with van der Waals surface area (Å²) in [5.41, 5.74) is 9.73. The van der Waals surface area contributed by atoms with E-state index in [1.54, 1.807) is 0 Å². The highest BCUT2D eigenvalue weighted by Gasteiger charge is 1.99. The molecule has 162 valence electrons. The van der Waals surface area contributed by atoms with Gasteiger partial charge < -0.3 is 0 Å². The van der Waals surface area contributed by atoms with E-state index in [-0.39, 0.29) is 0 Å². The summed E-state index contributed by atoms with van der Waals surface area (Å²) in [5, 5.41) is 0. The first-order valence-corrected chi connectivity index (χ1v) is 11.6. The third-order valence-corrected chi connectivity index (χ3v) is 5.94. The highest BCUT2D eigenvalue weighted by molar-refractivity contribution is 5.80. The third-order valence-electron chi connectivity index (χ3n) is 5.94. The monoisotopic (exact) mass is 434 g/mol. The van der Waals surface area contributed by atoms with Crippen LogP contribution in [-0.2, 0) is 0 Å². The SMILES string of the molecule is C(=C\c1ccccc1/C=C/c1ccc(-c2ccccc2)cc1)/c1ccc(-c2ccccc2)cc1. The fourth-order valence-corrected chi connectivity index (χ4v) is 4.02. The van der Waals surface area contributed by atoms with Crippen LogP contribution >= 0.6 is 0 Å². The molecular formula is C34H26. The van der Waals surface area contributed by atoms with Crippen LogP contribution in [-0.4, -0.2) is 0 Å². The van der Waals surface area contributed by atoms with Gasteiger partial charge in [-0.3, -0.25) is 0 Å². The second-order valence-electron chi connectivity index (χ2n) is 8.27. The molecule has 0 bridgehead atoms. The molecule has 0 aliphatic carbocycles. The second-order valence-corrected chi connectivity index (χ2v) is 8.27. The second kappa shape index (κ2) is 10.5. The zero-order chi connectivity index (χ0) is 23.0. The number of hydrogen-bond donors (Lipinski definition) is 0. The van der Waals surface area contributed by atoms with Crippen LogP contribution in [0.4, 0.5) is 0 Å². The smallest absolute Gasteiger partial charge is 0.0184 e. The quantitative estimate of drug-likeness (QED) is 0.234. The first-order chi connectivity index (χ1) is 16.8. The van der Waals surface area contributed by atoms with Crippen LogP contribution in [0.2, 0.25) is 0 Å². The van der Waals surface area contributed by atoms with Gasteiger partial charge in [0.05, 0.1) is 0 Å². The minimum absolute atomic E-state index is 1.19. The normalized spacial score (nSPS) is 11.3. The highest BCUT2D eigenvalue weighted by Crippen LogP contribution is 2.22. The zero-order valence-corrected chi connectivity index (χ0v) is 19.0. The lowest BCUT2D eigenvalue weighted by molar-refractivity contribution is 1.59. The summed E-state index contributed by atoms with van der Waals surface area (Å²) in [6, 6.07) is 46.9. The maximum absolute atomic E-state index is 2.19. The average Bonchev–Trinajstić information content (AvgIpc) is 2.93. The van der Waals surface area contributed by atoms with Crippen molar-refractivity contribution in [1.82, 2.24) is 0 Å². The molecule has 0 aromatic heterocycles. The van der Waals surface area contributed by atoms with Gasteiger partial charge in [0.15, 0.2) is 0 Å². The van der Waals surface area contributed by atoms with Gasteiger partial charge in [0.2, 0.25) is 0 Å². The summed E-state index contributed by atoms with van der Waals surface area (Å²) in [6.07, 6.45) is 8.73. The van der Waals surface area contributed by atoms with E-state index in [1.165, 1.54) is 44.5 Å². The van der Waals surface area contributed by atoms with Gasteiger partial charge in [0, 0.05) is 0 Å². The maximum Gasteiger partial charge on any atom is -0.0184 e. The summed E-state index contributed by atoms with van der Waals surface area (Å²) in [5.74, 6) is 0. The molecule has 0 heterocycles. The lowest BCUT2D eigenvalue weighted by Crippen LogP contribution is -1.81. The molecule has 0 amide bonds. The Morgan fingerprint density at radius 1 is 0.265 bits per heavy atom. The molecule has 0 fully saturated rings. The van der Waals surface area contributed by atoms with Crippen molar-refractivity contribution >= 4 is 24.3 Å². The molecule has 0 saturated heterocycles. The van der Waals surface area contributed by atoms with Crippen molar-refractivity contribution in [2.75, 3.05) is 0 Å². The van der Waals surface area contributed by atoms with E-state index in [0.29, 0.717) is 0 Å². The van der Waals surface area contributed by atoms with Crippen LogP contribution in [0.25, 0.3) is 46.6 Å². The predicted octanol–water partition coefficient (Wildman–Crippen LogP) is 9.36. The van der Waals surface area contributed by atoms with Crippen molar-refractivity contribution in [3.8, 4) is 22.3 Å². The molecule has 0 N–H and O–H groups in total. The summed E-state index contributed by atoms with van der Waals surface area (Å²) >= 11 is 0. The van der Waals surface area contributed by atoms with Gasteiger partial charge in [-0.15, -0.1) is 0 Å². The van der Waals surface area contributed by atoms with Crippen LogP contribution < -0.4 is 0 Å². The minimum atomic E-state index is 1.19. The minimum Gasteiger partial charge on any atom is -0.0622 e. The fourth-order valence-electron chi connectivity index (χ4n) is 4.02. The van der Waals surface area contributed by atoms with E-state index in [0.717, 1.165) is 0 Å². The Bertz CT molecular complexity index is 1280. The number of rotatable bonds is 6. The lowest BCUT2D eigenvalue weighted by atomic mass is 10.0. The Morgan fingerprint density at radius 2 is 0.588 bits per heavy atom. The van der Waals surface area contributed by atoms with Gasteiger partial charge in [0.25, 0.3) is 0 Å². The Balaban J connectivity index is 1.31. The van der Waals surface area contributed by atoms with E-state index in [1.807, 2.05) is 12.1 Å². The highest BCUT2D eigenvalue weighted by atomic mass is 14.0. The molecule has 0 atom stereocenters. The van der Waals surface area contributed by atoms with Crippen LogP contribution in [0.5, 0.6) is 0 Å². The summed E-state index contributed by atoms with van der Waals surface area (Å²) in [7, 11) is 0. The Kier molecular flexibility index (Phi) is 6.59. The molecule has 5 rings (SSSR count). The number of benzene rings is 5. The van der Waals surface area contributed by atoms with Crippen molar-refractivity contribution in [1.29, 1.82) is 0 Å². The predicted molar refractivity (Wildman–Crippen MR) is 148 cm³/mol. The van der Waals surface area contributed by atoms with Crippen molar-refractivity contribution in [2.24, 2.45) is 0 Å². The van der Waals surface area contributed by atoms with Crippen LogP contribution in [0.1, 0.15) is 22.3 Å². The molecule has 5 aromatic rings. The van der Waals surface area contributed by atoms with Crippen molar-refractivity contribution in [2.45, 2.75) is 0 Å². The molecular weight excluding hydrogens is 408 g/mol. The molecule has 0 radical (unpaired) electrons. The van der Waals surface area contributed by atoms with E-state index in [9.17, 15) is 0 Å². The third kappa shape index (κ3) is 5.31. The van der Waals surface area contributed by atoms with Crippen LogP contribution in [0.15, 0.2) is 133 Å². The Morgan fingerprint density at radius 3 is 0.971 bits per heavy atom. The molecule has 0 saturated carbocycles. The standard InChI is InChI=1S/C34H26/c1-3-9-29(10-4-1)33-23-17-27(18-24-33)15-21-31-13-7-8-14-32(31)22-16-28-19-25-34(26-20-28)30-11-5-2-6-12-30/h1-26H/b21-15+,22-16+. The summed E-state index contributed by atoms with van der Waals surface area (Å²) in [6.45, 7) is 0. The largest absolute Gasteiger partial charge is 0.0622 e. The molecule has 34 heavy (non-hydrogen) atoms. The first kappa shape index (κ1) is 21.4. The van der Waals surface area contributed by atoms with Gasteiger partial charge in [-0.25, -0.2) is 0 Å². The lowest BCUT2D eigenvalue weighted by Gasteiger charge is -2.04. The molecule has 5 aromatic carbocycles. The Hall–Kier alpha value is -4.42. The molecule has 0 unspecified atom stereocenters. The molecule has 0 spiro atoms. The van der Waals surface area contributed by atoms with Gasteiger partial charge in [-0.1, -0.05) is 158 Å². The van der Waals surface area contributed by atoms with E-state index >= 15 is 0 Å². The zero-order valence-electron chi connectivity index (χ0n) is 19.0. The summed E-state index contributed by atoms with van der Waals surface area (Å²) < 4.78 is 0.